The smallest absolute Gasteiger partial charge is 0.313 e. The third kappa shape index (κ3) is 4.02. The zero-order valence-corrected chi connectivity index (χ0v) is 11.0. The largest absolute Gasteiger partial charge is 0.464 e. The molecule has 0 bridgehead atoms. The highest BCUT2D eigenvalue weighted by Gasteiger charge is 2.31. The number of carbonyl (C=O) groups is 1. The molecule has 5 nitrogen and oxygen atoms in total. The number of ether oxygens (including phenoxy) is 1. The molecule has 1 atom stereocenters. The molecule has 106 valence electrons. The average molecular weight is 268 g/mol. The summed E-state index contributed by atoms with van der Waals surface area (Å²) in [6.45, 7) is 0.148. The van der Waals surface area contributed by atoms with E-state index in [0.717, 1.165) is 5.56 Å². The first-order chi connectivity index (χ1) is 9.08. The van der Waals surface area contributed by atoms with Crippen LogP contribution in [0.2, 0.25) is 0 Å². The first-order valence-corrected chi connectivity index (χ1v) is 6.13. The Kier molecular flexibility index (Phi) is 5.95. The molecule has 0 aliphatic heterocycles. The van der Waals surface area contributed by atoms with Crippen LogP contribution >= 0.6 is 0 Å². The fourth-order valence-corrected chi connectivity index (χ4v) is 1.51. The predicted octanol–water partition coefficient (Wildman–Crippen LogP) is 0.297. The average Bonchev–Trinajstić information content (AvgIpc) is 2.49. The maximum absolute atomic E-state index is 11.9. The monoisotopic (exact) mass is 268 g/mol. The highest BCUT2D eigenvalue weighted by atomic mass is 16.5. The molecule has 0 saturated carbocycles. The third-order valence-corrected chi connectivity index (χ3v) is 3.18. The standard InChI is InChI=1S/C14H20O5/c1-11(12-5-3-2-4-6-12)13(18)19-10-14(7-15,8-16)9-17/h2-6,11,15-17H,7-10H2,1H3. The summed E-state index contributed by atoms with van der Waals surface area (Å²) in [5.74, 6) is -0.888. The van der Waals surface area contributed by atoms with Crippen molar-refractivity contribution in [2.45, 2.75) is 12.8 Å². The van der Waals surface area contributed by atoms with Gasteiger partial charge in [0.25, 0.3) is 0 Å². The molecule has 0 saturated heterocycles. The maximum Gasteiger partial charge on any atom is 0.313 e. The van der Waals surface area contributed by atoms with Crippen molar-refractivity contribution in [2.75, 3.05) is 26.4 Å². The summed E-state index contributed by atoms with van der Waals surface area (Å²) in [6.07, 6.45) is 0. The van der Waals surface area contributed by atoms with Gasteiger partial charge in [-0.25, -0.2) is 0 Å². The highest BCUT2D eigenvalue weighted by Crippen LogP contribution is 2.20. The van der Waals surface area contributed by atoms with Gasteiger partial charge in [0, 0.05) is 0 Å². The van der Waals surface area contributed by atoms with Crippen molar-refractivity contribution in [1.29, 1.82) is 0 Å². The highest BCUT2D eigenvalue weighted by molar-refractivity contribution is 5.77. The third-order valence-electron chi connectivity index (χ3n) is 3.18. The number of aliphatic hydroxyl groups excluding tert-OH is 3. The van der Waals surface area contributed by atoms with E-state index in [9.17, 15) is 4.79 Å². The van der Waals surface area contributed by atoms with Crippen molar-refractivity contribution in [3.05, 3.63) is 35.9 Å². The van der Waals surface area contributed by atoms with Crippen LogP contribution in [-0.2, 0) is 9.53 Å². The minimum atomic E-state index is -1.19. The van der Waals surface area contributed by atoms with Gasteiger partial charge < -0.3 is 20.1 Å². The van der Waals surface area contributed by atoms with Gasteiger partial charge >= 0.3 is 5.97 Å². The molecule has 0 radical (unpaired) electrons. The van der Waals surface area contributed by atoms with E-state index >= 15 is 0 Å². The van der Waals surface area contributed by atoms with Crippen LogP contribution in [-0.4, -0.2) is 47.7 Å². The Morgan fingerprint density at radius 3 is 2.16 bits per heavy atom. The Bertz CT molecular complexity index is 378. The van der Waals surface area contributed by atoms with Crippen LogP contribution in [0.3, 0.4) is 0 Å². The second-order valence-electron chi connectivity index (χ2n) is 4.71. The lowest BCUT2D eigenvalue weighted by molar-refractivity contribution is -0.152. The zero-order chi connectivity index (χ0) is 14.3. The topological polar surface area (TPSA) is 87.0 Å². The normalized spacial score (nSPS) is 13.1. The number of hydrogen-bond acceptors (Lipinski definition) is 5. The molecule has 0 aliphatic carbocycles. The maximum atomic E-state index is 11.9. The molecular formula is C14H20O5. The van der Waals surface area contributed by atoms with Crippen molar-refractivity contribution in [2.24, 2.45) is 5.41 Å². The first-order valence-electron chi connectivity index (χ1n) is 6.13. The molecule has 1 unspecified atom stereocenters. The van der Waals surface area contributed by atoms with Crippen LogP contribution in [0.25, 0.3) is 0 Å². The Hall–Kier alpha value is -1.43. The quantitative estimate of drug-likeness (QED) is 0.619. The first kappa shape index (κ1) is 15.6. The molecule has 0 spiro atoms. The van der Waals surface area contributed by atoms with Crippen LogP contribution in [0.4, 0.5) is 0 Å². The van der Waals surface area contributed by atoms with E-state index in [4.69, 9.17) is 20.1 Å². The molecule has 1 aromatic rings. The Balaban J connectivity index is 2.60. The minimum Gasteiger partial charge on any atom is -0.464 e. The van der Waals surface area contributed by atoms with E-state index in [1.165, 1.54) is 0 Å². The SMILES string of the molecule is CC(C(=O)OCC(CO)(CO)CO)c1ccccc1. The van der Waals surface area contributed by atoms with E-state index in [2.05, 4.69) is 0 Å². The molecule has 0 heterocycles. The van der Waals surface area contributed by atoms with Crippen molar-refractivity contribution >= 4 is 5.97 Å². The summed E-state index contributed by atoms with van der Waals surface area (Å²) in [7, 11) is 0. The molecule has 0 fully saturated rings. The summed E-state index contributed by atoms with van der Waals surface area (Å²) < 4.78 is 5.08. The van der Waals surface area contributed by atoms with Gasteiger partial charge in [0.1, 0.15) is 6.61 Å². The van der Waals surface area contributed by atoms with E-state index in [0.29, 0.717) is 0 Å². The molecule has 5 heteroatoms. The van der Waals surface area contributed by atoms with Crippen LogP contribution < -0.4 is 0 Å². The number of rotatable bonds is 7. The van der Waals surface area contributed by atoms with Crippen LogP contribution in [0.15, 0.2) is 30.3 Å². The predicted molar refractivity (Wildman–Crippen MR) is 69.5 cm³/mol. The Morgan fingerprint density at radius 2 is 1.68 bits per heavy atom. The molecule has 1 aromatic carbocycles. The lowest BCUT2D eigenvalue weighted by atomic mass is 9.92. The van der Waals surface area contributed by atoms with E-state index < -0.39 is 37.1 Å². The molecule has 0 aromatic heterocycles. The van der Waals surface area contributed by atoms with Crippen LogP contribution in [0.1, 0.15) is 18.4 Å². The van der Waals surface area contributed by atoms with Gasteiger partial charge in [0.2, 0.25) is 0 Å². The molecule has 3 N–H and O–H groups in total. The lowest BCUT2D eigenvalue weighted by Gasteiger charge is -2.27. The summed E-state index contributed by atoms with van der Waals surface area (Å²) in [5.41, 5.74) is -0.360. The van der Waals surface area contributed by atoms with Crippen molar-refractivity contribution < 1.29 is 24.9 Å². The van der Waals surface area contributed by atoms with Crippen molar-refractivity contribution in [3.63, 3.8) is 0 Å². The van der Waals surface area contributed by atoms with Gasteiger partial charge in [-0.1, -0.05) is 30.3 Å². The zero-order valence-electron chi connectivity index (χ0n) is 11.0. The van der Waals surface area contributed by atoms with E-state index in [1.807, 2.05) is 30.3 Å². The van der Waals surface area contributed by atoms with Gasteiger partial charge in [0.15, 0.2) is 0 Å². The second-order valence-corrected chi connectivity index (χ2v) is 4.71. The van der Waals surface area contributed by atoms with Crippen molar-refractivity contribution in [1.82, 2.24) is 0 Å². The van der Waals surface area contributed by atoms with Gasteiger partial charge in [-0.2, -0.15) is 0 Å². The van der Waals surface area contributed by atoms with Crippen LogP contribution in [0.5, 0.6) is 0 Å². The van der Waals surface area contributed by atoms with Gasteiger partial charge in [-0.15, -0.1) is 0 Å². The minimum absolute atomic E-state index is 0.216. The number of carbonyl (C=O) groups excluding carboxylic acids is 1. The van der Waals surface area contributed by atoms with E-state index in [-0.39, 0.29) is 6.61 Å². The Morgan fingerprint density at radius 1 is 1.16 bits per heavy atom. The second kappa shape index (κ2) is 7.23. The van der Waals surface area contributed by atoms with Crippen LogP contribution in [0, 0.1) is 5.41 Å². The molecule has 0 aliphatic rings. The summed E-state index contributed by atoms with van der Waals surface area (Å²) >= 11 is 0. The van der Waals surface area contributed by atoms with Gasteiger partial charge in [-0.3, -0.25) is 4.79 Å². The molecule has 0 amide bonds. The summed E-state index contributed by atoms with van der Waals surface area (Å²) in [5, 5.41) is 27.4. The Labute approximate surface area is 112 Å². The van der Waals surface area contributed by atoms with Gasteiger partial charge in [-0.05, 0) is 12.5 Å². The number of esters is 1. The molecule has 19 heavy (non-hydrogen) atoms. The molecule has 1 rings (SSSR count). The van der Waals surface area contributed by atoms with E-state index in [1.54, 1.807) is 6.92 Å². The number of hydrogen-bond donors (Lipinski definition) is 3. The lowest BCUT2D eigenvalue weighted by Crippen LogP contribution is -2.39. The fraction of sp³-hybridized carbons (Fsp3) is 0.500. The number of benzene rings is 1. The number of aliphatic hydroxyl groups is 3. The summed E-state index contributed by atoms with van der Waals surface area (Å²) in [4.78, 5) is 11.9. The summed E-state index contributed by atoms with van der Waals surface area (Å²) in [6, 6.07) is 9.17. The van der Waals surface area contributed by atoms with Crippen molar-refractivity contribution in [3.8, 4) is 0 Å². The van der Waals surface area contributed by atoms with Gasteiger partial charge in [0.05, 0.1) is 31.2 Å². The fourth-order valence-electron chi connectivity index (χ4n) is 1.51. The molecular weight excluding hydrogens is 248 g/mol.